The first-order valence-corrected chi connectivity index (χ1v) is 14.4. The van der Waals surface area contributed by atoms with Gasteiger partial charge in [0.05, 0.1) is 12.9 Å². The number of allylic oxidation sites excluding steroid dienone is 2. The van der Waals surface area contributed by atoms with Gasteiger partial charge in [-0.2, -0.15) is 8.42 Å². The number of rotatable bonds is 11. The van der Waals surface area contributed by atoms with E-state index in [-0.39, 0.29) is 36.4 Å². The van der Waals surface area contributed by atoms with E-state index in [0.29, 0.717) is 22.4 Å². The third-order valence-corrected chi connectivity index (χ3v) is 7.11. The topological polar surface area (TPSA) is 69.7 Å². The number of carbonyl (C=O) groups is 1. The van der Waals surface area contributed by atoms with E-state index in [1.807, 2.05) is 6.08 Å². The van der Waals surface area contributed by atoms with Crippen LogP contribution in [0.1, 0.15) is 39.0 Å². The number of unbranched alkanes of at least 4 members (excludes halogenated alkanes) is 1. The molecule has 1 fully saturated rings. The Morgan fingerprint density at radius 1 is 1.21 bits per heavy atom. The summed E-state index contributed by atoms with van der Waals surface area (Å²) in [6.07, 6.45) is 10.3. The number of alkyl halides is 1. The number of esters is 1. The predicted octanol–water partition coefficient (Wildman–Crippen LogP) is 6.97. The van der Waals surface area contributed by atoms with Crippen molar-refractivity contribution in [1.82, 2.24) is 0 Å². The lowest BCUT2D eigenvalue weighted by Crippen LogP contribution is -2.23. The van der Waals surface area contributed by atoms with Crippen LogP contribution < -0.4 is 0 Å². The molecule has 0 radical (unpaired) electrons. The van der Waals surface area contributed by atoms with Gasteiger partial charge in [0.1, 0.15) is 6.61 Å². The van der Waals surface area contributed by atoms with E-state index in [4.69, 9.17) is 43.7 Å². The Hall–Kier alpha value is -0.700. The maximum Gasteiger partial charge on any atom is 0.306 e. The molecule has 0 aromatic heterocycles. The molecule has 192 valence electrons. The second-order valence-electron chi connectivity index (χ2n) is 8.24. The molecule has 0 saturated heterocycles. The number of thiol groups is 1. The minimum absolute atomic E-state index is 0.0293. The third-order valence-electron chi connectivity index (χ3n) is 5.35. The lowest BCUT2D eigenvalue weighted by molar-refractivity contribution is -0.142. The molecule has 1 aliphatic carbocycles. The molecule has 34 heavy (non-hydrogen) atoms. The predicted molar refractivity (Wildman–Crippen MR) is 144 cm³/mol. The van der Waals surface area contributed by atoms with Crippen molar-refractivity contribution in [2.24, 2.45) is 17.8 Å². The summed E-state index contributed by atoms with van der Waals surface area (Å²) < 4.78 is 32.4. The molecule has 0 amide bonds. The van der Waals surface area contributed by atoms with Crippen LogP contribution >= 0.6 is 47.4 Å². The van der Waals surface area contributed by atoms with E-state index in [2.05, 4.69) is 32.2 Å². The lowest BCUT2D eigenvalue weighted by atomic mass is 9.89. The quantitative estimate of drug-likeness (QED) is 0.0776. The third kappa shape index (κ3) is 13.4. The molecule has 0 heterocycles. The van der Waals surface area contributed by atoms with Crippen molar-refractivity contribution in [1.29, 1.82) is 0 Å². The van der Waals surface area contributed by atoms with Crippen LogP contribution in [-0.4, -0.2) is 39.2 Å². The van der Waals surface area contributed by atoms with Crippen molar-refractivity contribution in [2.45, 2.75) is 49.3 Å². The van der Waals surface area contributed by atoms with Crippen molar-refractivity contribution >= 4 is 63.5 Å². The second-order valence-corrected chi connectivity index (χ2v) is 11.8. The minimum Gasteiger partial charge on any atom is -0.461 e. The minimum atomic E-state index is -3.43. The Kier molecular flexibility index (Phi) is 14.9. The van der Waals surface area contributed by atoms with Gasteiger partial charge in [0.2, 0.25) is 0 Å². The van der Waals surface area contributed by atoms with Crippen molar-refractivity contribution in [3.63, 3.8) is 0 Å². The second kappa shape index (κ2) is 16.1. The number of ether oxygens (including phenoxy) is 1. The van der Waals surface area contributed by atoms with Gasteiger partial charge in [-0.3, -0.25) is 8.98 Å². The number of benzene rings is 1. The van der Waals surface area contributed by atoms with Crippen molar-refractivity contribution in [3.8, 4) is 0 Å². The number of hydrogen-bond acceptors (Lipinski definition) is 6. The fraction of sp³-hybridized carbons (Fsp3) is 0.542. The fourth-order valence-electron chi connectivity index (χ4n) is 3.71. The molecule has 4 atom stereocenters. The zero-order chi connectivity index (χ0) is 25.7. The average molecular weight is 572 g/mol. The van der Waals surface area contributed by atoms with Crippen LogP contribution in [0.25, 0.3) is 0 Å². The molecule has 5 nitrogen and oxygen atoms in total. The molecular formula is C24H33Cl3O5S2. The van der Waals surface area contributed by atoms with Gasteiger partial charge in [-0.25, -0.2) is 0 Å². The van der Waals surface area contributed by atoms with Gasteiger partial charge in [0, 0.05) is 26.7 Å². The highest BCUT2D eigenvalue weighted by Crippen LogP contribution is 2.42. The molecule has 1 aromatic rings. The molecule has 0 bridgehead atoms. The highest BCUT2D eigenvalue weighted by Gasteiger charge is 2.39. The molecule has 0 spiro atoms. The summed E-state index contributed by atoms with van der Waals surface area (Å²) in [4.78, 5) is 12.1. The highest BCUT2D eigenvalue weighted by molar-refractivity contribution is 7.86. The Bertz CT molecular complexity index is 871. The molecule has 1 aromatic carbocycles. The molecular weight excluding hydrogens is 539 g/mol. The van der Waals surface area contributed by atoms with E-state index in [1.54, 1.807) is 24.3 Å². The van der Waals surface area contributed by atoms with Gasteiger partial charge >= 0.3 is 5.97 Å². The molecule has 0 N–H and O–H groups in total. The first-order chi connectivity index (χ1) is 15.9. The number of hydrogen-bond donors (Lipinski definition) is 1. The summed E-state index contributed by atoms with van der Waals surface area (Å²) in [6, 6.07) is 5.13. The first-order valence-electron chi connectivity index (χ1n) is 11.0. The molecule has 10 heteroatoms. The number of carbonyl (C=O) groups excluding carboxylic acids is 1. The Balaban J connectivity index is 0.000000533. The highest BCUT2D eigenvalue weighted by atomic mass is 35.5. The van der Waals surface area contributed by atoms with E-state index < -0.39 is 10.1 Å². The van der Waals surface area contributed by atoms with Gasteiger partial charge < -0.3 is 4.74 Å². The molecule has 1 saturated carbocycles. The summed E-state index contributed by atoms with van der Waals surface area (Å²) in [5, 5.41) is 1.27. The van der Waals surface area contributed by atoms with Crippen molar-refractivity contribution in [2.75, 3.05) is 19.5 Å². The van der Waals surface area contributed by atoms with Crippen molar-refractivity contribution in [3.05, 3.63) is 53.1 Å². The van der Waals surface area contributed by atoms with Crippen LogP contribution in [0, 0.1) is 17.8 Å². The van der Waals surface area contributed by atoms with E-state index in [0.717, 1.165) is 36.8 Å². The van der Waals surface area contributed by atoms with Gasteiger partial charge in [-0.1, -0.05) is 54.9 Å². The molecule has 2 rings (SSSR count). The molecule has 1 aliphatic rings. The summed E-state index contributed by atoms with van der Waals surface area (Å²) in [6.45, 7) is 6.03. The zero-order valence-corrected chi connectivity index (χ0v) is 23.4. The summed E-state index contributed by atoms with van der Waals surface area (Å²) in [5.74, 6) is 0.460. The summed E-state index contributed by atoms with van der Waals surface area (Å²) in [7, 11) is -3.43. The van der Waals surface area contributed by atoms with Crippen LogP contribution in [0.3, 0.4) is 0 Å². The van der Waals surface area contributed by atoms with E-state index in [9.17, 15) is 13.2 Å². The SMILES string of the molecule is C=CCOC(=O)CCC/C=C\C[C@@H]1[C@@H](COS(C)(=O)=O)[C@H](C)C[C@H]1Cl.Sc1cc(Cl)cc(Cl)c1. The lowest BCUT2D eigenvalue weighted by Gasteiger charge is -2.22. The van der Waals surface area contributed by atoms with Crippen molar-refractivity contribution < 1.29 is 22.1 Å². The normalized spacial score (nSPS) is 22.3. The van der Waals surface area contributed by atoms with Gasteiger partial charge in [-0.15, -0.1) is 24.2 Å². The Morgan fingerprint density at radius 3 is 2.41 bits per heavy atom. The van der Waals surface area contributed by atoms with Gasteiger partial charge in [0.15, 0.2) is 0 Å². The largest absolute Gasteiger partial charge is 0.461 e. The molecule has 0 unspecified atom stereocenters. The zero-order valence-electron chi connectivity index (χ0n) is 19.5. The first kappa shape index (κ1) is 31.3. The Labute approximate surface area is 224 Å². The van der Waals surface area contributed by atoms with E-state index >= 15 is 0 Å². The monoisotopic (exact) mass is 570 g/mol. The van der Waals surface area contributed by atoms with Crippen LogP contribution in [0.5, 0.6) is 0 Å². The van der Waals surface area contributed by atoms with Crippen LogP contribution in [-0.2, 0) is 23.8 Å². The van der Waals surface area contributed by atoms with Crippen LogP contribution in [0.15, 0.2) is 47.9 Å². The van der Waals surface area contributed by atoms with Crippen LogP contribution in [0.2, 0.25) is 10.0 Å². The van der Waals surface area contributed by atoms with Gasteiger partial charge in [0.25, 0.3) is 10.1 Å². The maximum atomic E-state index is 11.3. The number of halogens is 3. The van der Waals surface area contributed by atoms with E-state index in [1.165, 1.54) is 0 Å². The summed E-state index contributed by atoms with van der Waals surface area (Å²) >= 11 is 21.7. The maximum absolute atomic E-state index is 11.3. The summed E-state index contributed by atoms with van der Waals surface area (Å²) in [5.41, 5.74) is 0. The fourth-order valence-corrected chi connectivity index (χ4v) is 5.64. The van der Waals surface area contributed by atoms with Gasteiger partial charge in [-0.05, 0) is 61.6 Å². The smallest absolute Gasteiger partial charge is 0.306 e. The standard InChI is InChI=1S/C18H29ClO5S.C6H4Cl2S/c1-4-11-23-18(20)10-8-6-5-7-9-15-16(13-24-25(3,21)22)14(2)12-17(15)19;7-4-1-5(8)3-6(9)2-4/h4-5,7,14-17H,1,6,8-13H2,2-3H3;1-3,9H/b7-5-;/t14-,15-,16+,17-;/m1./s1. The van der Waals surface area contributed by atoms with Crippen LogP contribution in [0.4, 0.5) is 0 Å². The Morgan fingerprint density at radius 2 is 1.85 bits per heavy atom. The molecule has 0 aliphatic heterocycles. The average Bonchev–Trinajstić information content (AvgIpc) is 2.98.